The summed E-state index contributed by atoms with van der Waals surface area (Å²) in [6.07, 6.45) is 2.23. The lowest BCUT2D eigenvalue weighted by molar-refractivity contribution is 1.11. The van der Waals surface area contributed by atoms with E-state index in [-0.39, 0.29) is 0 Å². The van der Waals surface area contributed by atoms with Crippen LogP contribution < -0.4 is 0 Å². The Morgan fingerprint density at radius 1 is 1.36 bits per heavy atom. The van der Waals surface area contributed by atoms with Crippen molar-refractivity contribution in [3.05, 3.63) is 28.0 Å². The predicted molar refractivity (Wildman–Crippen MR) is 48.7 cm³/mol. The molecule has 60 valence electrons. The van der Waals surface area contributed by atoms with Gasteiger partial charge in [-0.15, -0.1) is 11.6 Å². The zero-order valence-corrected chi connectivity index (χ0v) is 7.92. The van der Waals surface area contributed by atoms with Crippen molar-refractivity contribution in [3.8, 4) is 0 Å². The van der Waals surface area contributed by atoms with Gasteiger partial charge >= 0.3 is 0 Å². The number of nitrogens with zero attached hydrogens (tertiary/aromatic N) is 1. The minimum atomic E-state index is 0.443. The first-order chi connectivity index (χ1) is 5.25. The van der Waals surface area contributed by atoms with E-state index in [0.717, 1.165) is 5.56 Å². The SMILES string of the molecule is ClCCc1c(Cl)ccnc1Cl. The second-order valence-corrected chi connectivity index (χ2v) is 3.14. The molecule has 1 aromatic rings. The van der Waals surface area contributed by atoms with Crippen LogP contribution in [-0.2, 0) is 6.42 Å². The third-order valence-corrected chi connectivity index (χ3v) is 2.16. The number of pyridine rings is 1. The molecule has 0 aliphatic heterocycles. The van der Waals surface area contributed by atoms with Gasteiger partial charge in [0, 0.05) is 22.7 Å². The van der Waals surface area contributed by atoms with Crippen LogP contribution in [0.15, 0.2) is 12.3 Å². The molecule has 0 spiro atoms. The van der Waals surface area contributed by atoms with Crippen molar-refractivity contribution in [1.29, 1.82) is 0 Å². The average Bonchev–Trinajstić information content (AvgIpc) is 1.97. The smallest absolute Gasteiger partial charge is 0.133 e. The molecule has 0 atom stereocenters. The van der Waals surface area contributed by atoms with Crippen LogP contribution in [0.4, 0.5) is 0 Å². The maximum atomic E-state index is 5.83. The summed E-state index contributed by atoms with van der Waals surface area (Å²) in [5.74, 6) is 0.505. The third kappa shape index (κ3) is 2.22. The lowest BCUT2D eigenvalue weighted by atomic mass is 10.2. The minimum Gasteiger partial charge on any atom is -0.244 e. The van der Waals surface area contributed by atoms with E-state index < -0.39 is 0 Å². The Labute approximate surface area is 80.3 Å². The van der Waals surface area contributed by atoms with Crippen molar-refractivity contribution in [3.63, 3.8) is 0 Å². The molecule has 0 saturated heterocycles. The van der Waals surface area contributed by atoms with Crippen LogP contribution in [0.2, 0.25) is 10.2 Å². The number of rotatable bonds is 2. The third-order valence-electron chi connectivity index (χ3n) is 1.29. The molecular formula is C7H6Cl3N. The van der Waals surface area contributed by atoms with Gasteiger partial charge < -0.3 is 0 Å². The van der Waals surface area contributed by atoms with Crippen LogP contribution in [0.25, 0.3) is 0 Å². The Bertz CT molecular complexity index is 229. The van der Waals surface area contributed by atoms with Gasteiger partial charge in [-0.25, -0.2) is 4.98 Å². The van der Waals surface area contributed by atoms with Crippen molar-refractivity contribution in [2.24, 2.45) is 0 Å². The number of hydrogen-bond donors (Lipinski definition) is 0. The molecule has 0 bridgehead atoms. The molecule has 11 heavy (non-hydrogen) atoms. The fourth-order valence-electron chi connectivity index (χ4n) is 0.762. The topological polar surface area (TPSA) is 12.9 Å². The molecule has 0 N–H and O–H groups in total. The first kappa shape index (κ1) is 9.11. The quantitative estimate of drug-likeness (QED) is 0.540. The molecule has 0 amide bonds. The maximum absolute atomic E-state index is 5.83. The Morgan fingerprint density at radius 2 is 2.09 bits per heavy atom. The number of aromatic nitrogens is 1. The number of alkyl halides is 1. The van der Waals surface area contributed by atoms with Crippen LogP contribution >= 0.6 is 34.8 Å². The van der Waals surface area contributed by atoms with E-state index >= 15 is 0 Å². The summed E-state index contributed by atoms with van der Waals surface area (Å²) in [7, 11) is 0. The molecule has 0 aromatic carbocycles. The lowest BCUT2D eigenvalue weighted by Crippen LogP contribution is -1.91. The molecular weight excluding hydrogens is 204 g/mol. The zero-order chi connectivity index (χ0) is 8.27. The van der Waals surface area contributed by atoms with Gasteiger partial charge in [0.25, 0.3) is 0 Å². The van der Waals surface area contributed by atoms with Gasteiger partial charge in [0.1, 0.15) is 5.15 Å². The summed E-state index contributed by atoms with van der Waals surface area (Å²) < 4.78 is 0. The van der Waals surface area contributed by atoms with Gasteiger partial charge in [-0.2, -0.15) is 0 Å². The normalized spacial score (nSPS) is 10.1. The molecule has 1 rings (SSSR count). The van der Waals surface area contributed by atoms with Gasteiger partial charge in [0.15, 0.2) is 0 Å². The fourth-order valence-corrected chi connectivity index (χ4v) is 1.49. The van der Waals surface area contributed by atoms with E-state index in [0.29, 0.717) is 22.5 Å². The highest BCUT2D eigenvalue weighted by atomic mass is 35.5. The summed E-state index contributed by atoms with van der Waals surface area (Å²) in [5.41, 5.74) is 0.825. The summed E-state index contributed by atoms with van der Waals surface area (Å²) >= 11 is 17.1. The Hall–Kier alpha value is 0.0200. The summed E-state index contributed by atoms with van der Waals surface area (Å²) in [4.78, 5) is 3.88. The second-order valence-electron chi connectivity index (χ2n) is 2.00. The number of halogens is 3. The molecule has 0 saturated carbocycles. The standard InChI is InChI=1S/C7H6Cl3N/c8-3-1-5-6(9)2-4-11-7(5)10/h2,4H,1,3H2. The first-order valence-corrected chi connectivity index (χ1v) is 4.39. The van der Waals surface area contributed by atoms with Gasteiger partial charge in [0.05, 0.1) is 0 Å². The molecule has 0 aliphatic rings. The van der Waals surface area contributed by atoms with E-state index in [1.165, 1.54) is 0 Å². The van der Waals surface area contributed by atoms with E-state index in [4.69, 9.17) is 34.8 Å². The van der Waals surface area contributed by atoms with Crippen LogP contribution in [0.5, 0.6) is 0 Å². The van der Waals surface area contributed by atoms with Crippen molar-refractivity contribution in [1.82, 2.24) is 4.98 Å². The lowest BCUT2D eigenvalue weighted by Gasteiger charge is -2.01. The van der Waals surface area contributed by atoms with Crippen molar-refractivity contribution in [2.45, 2.75) is 6.42 Å². The average molecular weight is 210 g/mol. The molecule has 1 nitrogen and oxygen atoms in total. The van der Waals surface area contributed by atoms with E-state index in [9.17, 15) is 0 Å². The minimum absolute atomic E-state index is 0.443. The molecule has 0 aliphatic carbocycles. The van der Waals surface area contributed by atoms with Gasteiger partial charge in [0.2, 0.25) is 0 Å². The first-order valence-electron chi connectivity index (χ1n) is 3.10. The monoisotopic (exact) mass is 209 g/mol. The van der Waals surface area contributed by atoms with Crippen molar-refractivity contribution < 1.29 is 0 Å². The van der Waals surface area contributed by atoms with Crippen molar-refractivity contribution in [2.75, 3.05) is 5.88 Å². The molecule has 1 heterocycles. The summed E-state index contributed by atoms with van der Waals surface area (Å²) in [6, 6.07) is 1.70. The van der Waals surface area contributed by atoms with E-state index in [1.54, 1.807) is 12.3 Å². The highest BCUT2D eigenvalue weighted by Gasteiger charge is 2.04. The molecule has 4 heteroatoms. The molecule has 0 unspecified atom stereocenters. The largest absolute Gasteiger partial charge is 0.244 e. The molecule has 0 fully saturated rings. The highest BCUT2D eigenvalue weighted by Crippen LogP contribution is 2.22. The summed E-state index contributed by atoms with van der Waals surface area (Å²) in [5, 5.41) is 1.07. The van der Waals surface area contributed by atoms with Crippen LogP contribution in [0.3, 0.4) is 0 Å². The van der Waals surface area contributed by atoms with Crippen LogP contribution in [0, 0.1) is 0 Å². The Morgan fingerprint density at radius 3 is 2.64 bits per heavy atom. The Balaban J connectivity index is 3.00. The highest BCUT2D eigenvalue weighted by molar-refractivity contribution is 6.35. The van der Waals surface area contributed by atoms with Gasteiger partial charge in [-0.1, -0.05) is 23.2 Å². The van der Waals surface area contributed by atoms with Crippen LogP contribution in [-0.4, -0.2) is 10.9 Å². The molecule has 1 aromatic heterocycles. The molecule has 0 radical (unpaired) electrons. The summed E-state index contributed by atoms with van der Waals surface area (Å²) in [6.45, 7) is 0. The predicted octanol–water partition coefficient (Wildman–Crippen LogP) is 3.17. The van der Waals surface area contributed by atoms with E-state index in [2.05, 4.69) is 4.98 Å². The van der Waals surface area contributed by atoms with Gasteiger partial charge in [-0.05, 0) is 12.5 Å². The zero-order valence-electron chi connectivity index (χ0n) is 5.65. The Kier molecular flexibility index (Phi) is 3.44. The fraction of sp³-hybridized carbons (Fsp3) is 0.286. The van der Waals surface area contributed by atoms with Crippen LogP contribution in [0.1, 0.15) is 5.56 Å². The number of hydrogen-bond acceptors (Lipinski definition) is 1. The maximum Gasteiger partial charge on any atom is 0.133 e. The second kappa shape index (κ2) is 4.15. The van der Waals surface area contributed by atoms with Gasteiger partial charge in [-0.3, -0.25) is 0 Å². The van der Waals surface area contributed by atoms with E-state index in [1.807, 2.05) is 0 Å². The van der Waals surface area contributed by atoms with Crippen molar-refractivity contribution >= 4 is 34.8 Å².